The van der Waals surface area contributed by atoms with Crippen LogP contribution in [0.3, 0.4) is 0 Å². The highest BCUT2D eigenvalue weighted by Crippen LogP contribution is 2.21. The molecule has 0 radical (unpaired) electrons. The highest BCUT2D eigenvalue weighted by Gasteiger charge is 2.25. The van der Waals surface area contributed by atoms with Crippen molar-refractivity contribution in [1.29, 1.82) is 0 Å². The van der Waals surface area contributed by atoms with Crippen molar-refractivity contribution in [3.05, 3.63) is 35.9 Å². The summed E-state index contributed by atoms with van der Waals surface area (Å²) in [6.45, 7) is 5.62. The molecule has 0 aliphatic rings. The molecule has 0 saturated heterocycles. The maximum absolute atomic E-state index is 5.82. The van der Waals surface area contributed by atoms with Crippen molar-refractivity contribution in [3.8, 4) is 0 Å². The molecule has 0 saturated carbocycles. The zero-order valence-corrected chi connectivity index (χ0v) is 13.9. The maximum atomic E-state index is 5.82. The summed E-state index contributed by atoms with van der Waals surface area (Å²) in [5, 5.41) is 0. The van der Waals surface area contributed by atoms with Crippen LogP contribution in [0.25, 0.3) is 0 Å². The Morgan fingerprint density at radius 1 is 1.12 bits per heavy atom. The van der Waals surface area contributed by atoms with Gasteiger partial charge in [0.25, 0.3) is 0 Å². The van der Waals surface area contributed by atoms with Gasteiger partial charge in [-0.3, -0.25) is 0 Å². The van der Waals surface area contributed by atoms with E-state index in [9.17, 15) is 0 Å². The molecule has 4 heteroatoms. The van der Waals surface area contributed by atoms with Crippen LogP contribution in [0.15, 0.2) is 30.3 Å². The Balaban J connectivity index is 2.61. The molecule has 1 atom stereocenters. The molecular weight excluding hydrogens is 343 g/mol. The van der Waals surface area contributed by atoms with Gasteiger partial charge in [-0.2, -0.15) is 0 Å². The highest BCUT2D eigenvalue weighted by molar-refractivity contribution is 14.1. The Morgan fingerprint density at radius 3 is 2.18 bits per heavy atom. The van der Waals surface area contributed by atoms with Crippen molar-refractivity contribution < 1.29 is 8.85 Å². The minimum absolute atomic E-state index is 0.554. The van der Waals surface area contributed by atoms with E-state index in [0.717, 1.165) is 24.1 Å². The fourth-order valence-electron chi connectivity index (χ4n) is 1.79. The van der Waals surface area contributed by atoms with E-state index in [1.807, 2.05) is 13.8 Å². The van der Waals surface area contributed by atoms with Gasteiger partial charge in [0.1, 0.15) is 0 Å². The van der Waals surface area contributed by atoms with E-state index in [-0.39, 0.29) is 0 Å². The van der Waals surface area contributed by atoms with Crippen LogP contribution < -0.4 is 0 Å². The molecule has 0 aliphatic carbocycles. The van der Waals surface area contributed by atoms with Gasteiger partial charge in [-0.05, 0) is 25.8 Å². The van der Waals surface area contributed by atoms with Gasteiger partial charge in [0.05, 0.1) is 0 Å². The van der Waals surface area contributed by atoms with Gasteiger partial charge in [-0.25, -0.2) is 0 Å². The zero-order valence-electron chi connectivity index (χ0n) is 10.6. The van der Waals surface area contributed by atoms with E-state index in [0.29, 0.717) is 5.54 Å². The number of halogens is 1. The van der Waals surface area contributed by atoms with Crippen molar-refractivity contribution in [2.75, 3.05) is 17.6 Å². The van der Waals surface area contributed by atoms with Crippen LogP contribution in [0.5, 0.6) is 0 Å². The fourth-order valence-corrected chi connectivity index (χ4v) is 5.25. The lowest BCUT2D eigenvalue weighted by Crippen LogP contribution is -2.31. The molecular formula is C13H21IO2Si. The smallest absolute Gasteiger partial charge is 0.325 e. The molecule has 96 valence electrons. The highest BCUT2D eigenvalue weighted by atomic mass is 127. The van der Waals surface area contributed by atoms with Gasteiger partial charge in [-0.15, -0.1) is 0 Å². The quantitative estimate of drug-likeness (QED) is 0.400. The Kier molecular flexibility index (Phi) is 8.08. The summed E-state index contributed by atoms with van der Waals surface area (Å²) in [4.78, 5) is 0. The van der Waals surface area contributed by atoms with E-state index in [2.05, 4.69) is 52.9 Å². The molecule has 0 amide bonds. The molecule has 0 bridgehead atoms. The lowest BCUT2D eigenvalue weighted by molar-refractivity contribution is 0.206. The van der Waals surface area contributed by atoms with E-state index >= 15 is 0 Å². The van der Waals surface area contributed by atoms with Gasteiger partial charge in [0, 0.05) is 23.2 Å². The minimum Gasteiger partial charge on any atom is -0.397 e. The summed E-state index contributed by atoms with van der Waals surface area (Å²) >= 11 is 2.45. The van der Waals surface area contributed by atoms with Gasteiger partial charge >= 0.3 is 9.28 Å². The van der Waals surface area contributed by atoms with E-state index in [1.165, 1.54) is 5.56 Å². The first-order valence-corrected chi connectivity index (χ1v) is 9.28. The largest absolute Gasteiger partial charge is 0.397 e. The first-order chi connectivity index (χ1) is 8.31. The number of hydrogen-bond donors (Lipinski definition) is 0. The predicted molar refractivity (Wildman–Crippen MR) is 83.2 cm³/mol. The molecule has 1 rings (SSSR count). The van der Waals surface area contributed by atoms with Crippen molar-refractivity contribution >= 4 is 31.9 Å². The molecule has 0 spiro atoms. The predicted octanol–water partition coefficient (Wildman–Crippen LogP) is 3.33. The van der Waals surface area contributed by atoms with Crippen LogP contribution in [0.4, 0.5) is 0 Å². The van der Waals surface area contributed by atoms with E-state index in [1.54, 1.807) is 0 Å². The van der Waals surface area contributed by atoms with Crippen molar-refractivity contribution in [2.24, 2.45) is 0 Å². The SMILES string of the molecule is CCO[SiH](OCC)C(CI)Cc1ccccc1. The summed E-state index contributed by atoms with van der Waals surface area (Å²) in [6.07, 6.45) is 1.07. The van der Waals surface area contributed by atoms with Gasteiger partial charge in [-0.1, -0.05) is 52.9 Å². The number of rotatable bonds is 8. The number of alkyl halides is 1. The maximum Gasteiger partial charge on any atom is 0.325 e. The van der Waals surface area contributed by atoms with E-state index < -0.39 is 9.28 Å². The molecule has 0 fully saturated rings. The minimum atomic E-state index is -1.53. The number of hydrogen-bond acceptors (Lipinski definition) is 2. The molecule has 0 aromatic heterocycles. The summed E-state index contributed by atoms with van der Waals surface area (Å²) < 4.78 is 12.7. The van der Waals surface area contributed by atoms with Gasteiger partial charge in [0.2, 0.25) is 0 Å². The molecule has 0 N–H and O–H groups in total. The first kappa shape index (κ1) is 15.1. The summed E-state index contributed by atoms with van der Waals surface area (Å²) in [5.41, 5.74) is 1.93. The third-order valence-electron chi connectivity index (χ3n) is 2.59. The summed E-state index contributed by atoms with van der Waals surface area (Å²) in [5.74, 6) is 0. The van der Waals surface area contributed by atoms with Crippen LogP contribution in [-0.4, -0.2) is 26.9 Å². The Morgan fingerprint density at radius 2 is 1.71 bits per heavy atom. The molecule has 2 nitrogen and oxygen atoms in total. The standard InChI is InChI=1S/C13H21IO2Si/c1-3-15-17(16-4-2)13(11-14)10-12-8-6-5-7-9-12/h5-9,13,17H,3-4,10-11H2,1-2H3. The average Bonchev–Trinajstić information content (AvgIpc) is 2.37. The third-order valence-corrected chi connectivity index (χ3v) is 7.24. The average molecular weight is 364 g/mol. The lowest BCUT2D eigenvalue weighted by Gasteiger charge is -2.23. The zero-order chi connectivity index (χ0) is 12.5. The molecule has 0 aliphatic heterocycles. The van der Waals surface area contributed by atoms with Crippen LogP contribution in [0.2, 0.25) is 5.54 Å². The van der Waals surface area contributed by atoms with Crippen molar-refractivity contribution in [3.63, 3.8) is 0 Å². The Labute approximate surface area is 120 Å². The Hall–Kier alpha value is 0.0869. The van der Waals surface area contributed by atoms with Crippen LogP contribution >= 0.6 is 22.6 Å². The van der Waals surface area contributed by atoms with E-state index in [4.69, 9.17) is 8.85 Å². The van der Waals surface area contributed by atoms with Crippen LogP contribution in [-0.2, 0) is 15.3 Å². The second-order valence-electron chi connectivity index (χ2n) is 3.88. The van der Waals surface area contributed by atoms with Crippen molar-refractivity contribution in [1.82, 2.24) is 0 Å². The topological polar surface area (TPSA) is 18.5 Å². The van der Waals surface area contributed by atoms with Gasteiger partial charge in [0.15, 0.2) is 0 Å². The normalized spacial score (nSPS) is 12.9. The van der Waals surface area contributed by atoms with Gasteiger partial charge < -0.3 is 8.85 Å². The third kappa shape index (κ3) is 5.50. The summed E-state index contributed by atoms with van der Waals surface area (Å²) in [6, 6.07) is 10.6. The second-order valence-corrected chi connectivity index (χ2v) is 7.11. The monoisotopic (exact) mass is 364 g/mol. The summed E-state index contributed by atoms with van der Waals surface area (Å²) in [7, 11) is -1.53. The first-order valence-electron chi connectivity index (χ1n) is 6.14. The molecule has 1 unspecified atom stereocenters. The Bertz CT molecular complexity index is 289. The molecule has 1 aromatic rings. The molecule has 0 heterocycles. The second kappa shape index (κ2) is 9.07. The lowest BCUT2D eigenvalue weighted by atomic mass is 10.1. The van der Waals surface area contributed by atoms with Crippen LogP contribution in [0, 0.1) is 0 Å². The molecule has 17 heavy (non-hydrogen) atoms. The van der Waals surface area contributed by atoms with Crippen molar-refractivity contribution in [2.45, 2.75) is 25.8 Å². The van der Waals surface area contributed by atoms with Crippen LogP contribution in [0.1, 0.15) is 19.4 Å². The number of benzene rings is 1. The fraction of sp³-hybridized carbons (Fsp3) is 0.538. The molecule has 1 aromatic carbocycles.